The van der Waals surface area contributed by atoms with Crippen LogP contribution in [0, 0.1) is 13.8 Å². The highest BCUT2D eigenvalue weighted by Crippen LogP contribution is 2.10. The van der Waals surface area contributed by atoms with Crippen molar-refractivity contribution in [2.75, 3.05) is 0 Å². The minimum Gasteiger partial charge on any atom is -0.350 e. The normalized spacial score (nSPS) is 12.4. The first-order valence-electron chi connectivity index (χ1n) is 6.83. The molecule has 1 unspecified atom stereocenters. The summed E-state index contributed by atoms with van der Waals surface area (Å²) in [7, 11) is 0. The molecule has 0 spiro atoms. The average Bonchev–Trinajstić information content (AvgIpc) is 3.01. The Kier molecular flexibility index (Phi) is 4.22. The fourth-order valence-corrected chi connectivity index (χ4v) is 2.23. The number of aromatic nitrogens is 4. The molecule has 0 saturated carbocycles. The molecule has 6 heteroatoms. The Bertz CT molecular complexity index is 598. The Labute approximate surface area is 118 Å². The average molecular weight is 275 g/mol. The maximum absolute atomic E-state index is 12.2. The molecule has 1 N–H and O–H groups in total. The van der Waals surface area contributed by atoms with Gasteiger partial charge in [-0.2, -0.15) is 5.10 Å². The lowest BCUT2D eigenvalue weighted by atomic mass is 10.2. The van der Waals surface area contributed by atoms with Crippen LogP contribution < -0.4 is 5.32 Å². The number of hydrogen-bond acceptors (Lipinski definition) is 3. The van der Waals surface area contributed by atoms with Gasteiger partial charge in [-0.3, -0.25) is 9.48 Å². The Balaban J connectivity index is 1.98. The van der Waals surface area contributed by atoms with Crippen molar-refractivity contribution >= 4 is 5.91 Å². The smallest absolute Gasteiger partial charge is 0.243 e. The molecule has 0 aliphatic rings. The second-order valence-corrected chi connectivity index (χ2v) is 4.85. The van der Waals surface area contributed by atoms with Crippen LogP contribution in [0.4, 0.5) is 0 Å². The zero-order chi connectivity index (χ0) is 14.7. The van der Waals surface area contributed by atoms with Crippen LogP contribution in [0.1, 0.15) is 37.0 Å². The Morgan fingerprint density at radius 1 is 1.45 bits per heavy atom. The van der Waals surface area contributed by atoms with E-state index in [4.69, 9.17) is 0 Å². The van der Waals surface area contributed by atoms with Gasteiger partial charge in [-0.25, -0.2) is 4.98 Å². The lowest BCUT2D eigenvalue weighted by Gasteiger charge is -2.15. The van der Waals surface area contributed by atoms with Gasteiger partial charge in [0.05, 0.1) is 6.20 Å². The van der Waals surface area contributed by atoms with Crippen molar-refractivity contribution in [2.24, 2.45) is 0 Å². The molecule has 2 aromatic heterocycles. The Hall–Kier alpha value is -2.11. The molecule has 6 nitrogen and oxygen atoms in total. The van der Waals surface area contributed by atoms with Gasteiger partial charge >= 0.3 is 0 Å². The summed E-state index contributed by atoms with van der Waals surface area (Å²) in [5, 5.41) is 7.22. The summed E-state index contributed by atoms with van der Waals surface area (Å²) in [5.41, 5.74) is 2.15. The molecule has 0 saturated heterocycles. The Morgan fingerprint density at radius 3 is 2.75 bits per heavy atom. The topological polar surface area (TPSA) is 64.7 Å². The summed E-state index contributed by atoms with van der Waals surface area (Å²) in [6.07, 6.45) is 5.33. The van der Waals surface area contributed by atoms with E-state index in [0.717, 1.165) is 23.6 Å². The van der Waals surface area contributed by atoms with E-state index in [2.05, 4.69) is 15.4 Å². The number of rotatable bonds is 5. The van der Waals surface area contributed by atoms with Crippen molar-refractivity contribution < 1.29 is 4.79 Å². The summed E-state index contributed by atoms with van der Waals surface area (Å²) >= 11 is 0. The van der Waals surface area contributed by atoms with E-state index in [0.29, 0.717) is 6.54 Å². The fraction of sp³-hybridized carbons (Fsp3) is 0.500. The molecule has 0 aromatic carbocycles. The fourth-order valence-electron chi connectivity index (χ4n) is 2.23. The Morgan fingerprint density at radius 2 is 2.20 bits per heavy atom. The van der Waals surface area contributed by atoms with Crippen LogP contribution >= 0.6 is 0 Å². The molecule has 1 atom stereocenters. The van der Waals surface area contributed by atoms with Gasteiger partial charge in [0.1, 0.15) is 11.9 Å². The highest BCUT2D eigenvalue weighted by Gasteiger charge is 2.16. The van der Waals surface area contributed by atoms with Crippen molar-refractivity contribution in [3.63, 3.8) is 0 Å². The molecule has 0 aliphatic carbocycles. The van der Waals surface area contributed by atoms with Crippen LogP contribution in [0.2, 0.25) is 0 Å². The summed E-state index contributed by atoms with van der Waals surface area (Å²) < 4.78 is 3.78. The molecule has 1 amide bonds. The van der Waals surface area contributed by atoms with E-state index in [1.54, 1.807) is 6.20 Å². The molecule has 2 aromatic rings. The third-order valence-corrected chi connectivity index (χ3v) is 3.62. The van der Waals surface area contributed by atoms with Gasteiger partial charge in [0.25, 0.3) is 0 Å². The van der Waals surface area contributed by atoms with Gasteiger partial charge in [0.15, 0.2) is 0 Å². The second kappa shape index (κ2) is 5.90. The van der Waals surface area contributed by atoms with Gasteiger partial charge < -0.3 is 9.88 Å². The molecule has 0 radical (unpaired) electrons. The number of carbonyl (C=O) groups is 1. The number of hydrogen-bond donors (Lipinski definition) is 1. The van der Waals surface area contributed by atoms with Crippen molar-refractivity contribution in [2.45, 2.75) is 46.8 Å². The highest BCUT2D eigenvalue weighted by molar-refractivity contribution is 5.79. The van der Waals surface area contributed by atoms with Gasteiger partial charge in [0.2, 0.25) is 5.91 Å². The SMILES string of the molecule is CCn1ncc(CNC(=O)C(C)n2ccnc2C)c1C. The highest BCUT2D eigenvalue weighted by atomic mass is 16.2. The third-order valence-electron chi connectivity index (χ3n) is 3.62. The van der Waals surface area contributed by atoms with Crippen molar-refractivity contribution in [1.29, 1.82) is 0 Å². The molecule has 2 rings (SSSR count). The second-order valence-electron chi connectivity index (χ2n) is 4.85. The van der Waals surface area contributed by atoms with Crippen molar-refractivity contribution in [3.05, 3.63) is 35.7 Å². The van der Waals surface area contributed by atoms with Gasteiger partial charge in [-0.1, -0.05) is 0 Å². The number of nitrogens with zero attached hydrogens (tertiary/aromatic N) is 4. The molecule has 0 fully saturated rings. The van der Waals surface area contributed by atoms with E-state index in [-0.39, 0.29) is 11.9 Å². The van der Waals surface area contributed by atoms with Crippen LogP contribution in [0.5, 0.6) is 0 Å². The maximum atomic E-state index is 12.2. The molecule has 2 heterocycles. The van der Waals surface area contributed by atoms with E-state index in [1.807, 2.05) is 49.3 Å². The van der Waals surface area contributed by atoms with Gasteiger partial charge in [-0.05, 0) is 27.7 Å². The van der Waals surface area contributed by atoms with Gasteiger partial charge in [-0.15, -0.1) is 0 Å². The summed E-state index contributed by atoms with van der Waals surface area (Å²) in [4.78, 5) is 16.3. The minimum absolute atomic E-state index is 0.0188. The third kappa shape index (κ3) is 2.74. The maximum Gasteiger partial charge on any atom is 0.243 e. The monoisotopic (exact) mass is 275 g/mol. The molecular weight excluding hydrogens is 254 g/mol. The van der Waals surface area contributed by atoms with Crippen LogP contribution in [0.3, 0.4) is 0 Å². The standard InChI is InChI=1S/C14H21N5O/c1-5-19-10(2)13(9-17-19)8-16-14(20)11(3)18-7-6-15-12(18)4/h6-7,9,11H,5,8H2,1-4H3,(H,16,20). The van der Waals surface area contributed by atoms with Crippen LogP contribution in [-0.2, 0) is 17.9 Å². The van der Waals surface area contributed by atoms with E-state index >= 15 is 0 Å². The molecule has 0 bridgehead atoms. The predicted molar refractivity (Wildman–Crippen MR) is 76.2 cm³/mol. The van der Waals surface area contributed by atoms with Crippen molar-refractivity contribution in [3.8, 4) is 0 Å². The van der Waals surface area contributed by atoms with Gasteiger partial charge in [0, 0.05) is 36.7 Å². The predicted octanol–water partition coefficient (Wildman–Crippen LogP) is 1.59. The molecule has 0 aliphatic heterocycles. The lowest BCUT2D eigenvalue weighted by Crippen LogP contribution is -2.31. The molecular formula is C14H21N5O. The first-order valence-corrected chi connectivity index (χ1v) is 6.83. The summed E-state index contributed by atoms with van der Waals surface area (Å²) in [6.45, 7) is 9.16. The van der Waals surface area contributed by atoms with Crippen molar-refractivity contribution in [1.82, 2.24) is 24.6 Å². The number of imidazole rings is 1. The van der Waals surface area contributed by atoms with Crippen LogP contribution in [0.15, 0.2) is 18.6 Å². The van der Waals surface area contributed by atoms with E-state index < -0.39 is 0 Å². The quantitative estimate of drug-likeness (QED) is 0.901. The van der Waals surface area contributed by atoms with E-state index in [9.17, 15) is 4.79 Å². The number of amides is 1. The molecule has 108 valence electrons. The van der Waals surface area contributed by atoms with Crippen LogP contribution in [0.25, 0.3) is 0 Å². The number of carbonyl (C=O) groups excluding carboxylic acids is 1. The van der Waals surface area contributed by atoms with E-state index in [1.165, 1.54) is 0 Å². The van der Waals surface area contributed by atoms with Crippen LogP contribution in [-0.4, -0.2) is 25.2 Å². The summed E-state index contributed by atoms with van der Waals surface area (Å²) in [5.74, 6) is 0.817. The molecule has 20 heavy (non-hydrogen) atoms. The number of nitrogens with one attached hydrogen (secondary N) is 1. The zero-order valence-corrected chi connectivity index (χ0v) is 12.4. The number of aryl methyl sites for hydroxylation is 2. The first kappa shape index (κ1) is 14.3. The summed E-state index contributed by atoms with van der Waals surface area (Å²) in [6, 6.07) is -0.265. The zero-order valence-electron chi connectivity index (χ0n) is 12.4. The lowest BCUT2D eigenvalue weighted by molar-refractivity contribution is -0.124. The largest absolute Gasteiger partial charge is 0.350 e. The minimum atomic E-state index is -0.265. The first-order chi connectivity index (χ1) is 9.54.